The molecule has 0 bridgehead atoms. The van der Waals surface area contributed by atoms with Crippen molar-refractivity contribution in [2.75, 3.05) is 17.7 Å². The molecule has 0 unspecified atom stereocenters. The zero-order chi connectivity index (χ0) is 19.7. The van der Waals surface area contributed by atoms with Crippen molar-refractivity contribution in [3.63, 3.8) is 0 Å². The lowest BCUT2D eigenvalue weighted by Crippen LogP contribution is -2.29. The van der Waals surface area contributed by atoms with Gasteiger partial charge in [0, 0.05) is 24.5 Å². The minimum atomic E-state index is -0.106. The summed E-state index contributed by atoms with van der Waals surface area (Å²) in [6.07, 6.45) is 0. The Morgan fingerprint density at radius 3 is 2.70 bits per heavy atom. The van der Waals surface area contributed by atoms with E-state index in [2.05, 4.69) is 9.97 Å². The number of nitrogens with zero attached hydrogens (tertiary/aromatic N) is 3. The normalized spacial score (nSPS) is 11.3. The van der Waals surface area contributed by atoms with Gasteiger partial charge in [-0.05, 0) is 51.5 Å². The summed E-state index contributed by atoms with van der Waals surface area (Å²) in [4.78, 5) is 34.8. The van der Waals surface area contributed by atoms with Crippen LogP contribution in [0, 0.1) is 13.8 Å². The third-order valence-electron chi connectivity index (χ3n) is 4.39. The number of H-pyrrole nitrogens is 1. The molecule has 0 spiro atoms. The lowest BCUT2D eigenvalue weighted by Gasteiger charge is -2.19. The second-order valence-electron chi connectivity index (χ2n) is 6.96. The predicted octanol–water partition coefficient (Wildman–Crippen LogP) is 3.68. The second-order valence-corrected chi connectivity index (χ2v) is 7.90. The van der Waals surface area contributed by atoms with Crippen molar-refractivity contribution in [1.29, 1.82) is 0 Å². The van der Waals surface area contributed by atoms with Gasteiger partial charge in [0.2, 0.25) is 5.91 Å². The molecule has 0 aliphatic heterocycles. The largest absolute Gasteiger partial charge is 0.353 e. The first-order valence-electron chi connectivity index (χ1n) is 8.86. The van der Waals surface area contributed by atoms with E-state index in [0.29, 0.717) is 16.2 Å². The highest BCUT2D eigenvalue weighted by Gasteiger charge is 2.18. The van der Waals surface area contributed by atoms with Gasteiger partial charge in [-0.1, -0.05) is 23.9 Å². The van der Waals surface area contributed by atoms with E-state index < -0.39 is 0 Å². The first-order chi connectivity index (χ1) is 12.8. The van der Waals surface area contributed by atoms with E-state index >= 15 is 0 Å². The third-order valence-corrected chi connectivity index (χ3v) is 5.33. The van der Waals surface area contributed by atoms with Crippen LogP contribution in [0.4, 0.5) is 5.69 Å². The first kappa shape index (κ1) is 19.2. The van der Waals surface area contributed by atoms with Gasteiger partial charge in [0.05, 0.1) is 11.3 Å². The van der Waals surface area contributed by atoms with Crippen molar-refractivity contribution >= 4 is 34.4 Å². The van der Waals surface area contributed by atoms with Crippen LogP contribution in [0.1, 0.15) is 31.1 Å². The fraction of sp³-hybridized carbons (Fsp3) is 0.350. The maximum absolute atomic E-state index is 12.8. The van der Waals surface area contributed by atoms with Gasteiger partial charge in [0.25, 0.3) is 5.56 Å². The van der Waals surface area contributed by atoms with Gasteiger partial charge in [0.15, 0.2) is 5.16 Å². The number of nitrogens with one attached hydrogen (secondary N) is 1. The standard InChI is InChI=1S/C20H24N4O2S/c1-12(2)24-19(26)18-16(10-14(4)21-18)22-20(24)27-11-17(25)23(5)15-8-6-7-13(3)9-15/h6-10,12,21H,11H2,1-5H3. The molecule has 142 valence electrons. The van der Waals surface area contributed by atoms with Crippen LogP contribution in [0.2, 0.25) is 0 Å². The Labute approximate surface area is 162 Å². The van der Waals surface area contributed by atoms with E-state index in [1.54, 1.807) is 16.5 Å². The van der Waals surface area contributed by atoms with Crippen molar-refractivity contribution in [3.8, 4) is 0 Å². The van der Waals surface area contributed by atoms with Crippen LogP contribution >= 0.6 is 11.8 Å². The molecule has 0 saturated heterocycles. The highest BCUT2D eigenvalue weighted by atomic mass is 32.2. The molecule has 1 N–H and O–H groups in total. The average Bonchev–Trinajstić information content (AvgIpc) is 2.99. The summed E-state index contributed by atoms with van der Waals surface area (Å²) in [5, 5.41) is 0.562. The van der Waals surface area contributed by atoms with Gasteiger partial charge >= 0.3 is 0 Å². The van der Waals surface area contributed by atoms with E-state index in [1.807, 2.05) is 58.0 Å². The van der Waals surface area contributed by atoms with E-state index in [4.69, 9.17) is 0 Å². The number of hydrogen-bond donors (Lipinski definition) is 1. The molecule has 3 rings (SSSR count). The Morgan fingerprint density at radius 1 is 1.30 bits per heavy atom. The van der Waals surface area contributed by atoms with Crippen LogP contribution < -0.4 is 10.5 Å². The molecule has 2 aromatic heterocycles. The molecule has 3 aromatic rings. The van der Waals surface area contributed by atoms with Gasteiger partial charge in [-0.2, -0.15) is 0 Å². The highest BCUT2D eigenvalue weighted by molar-refractivity contribution is 7.99. The molecule has 0 aliphatic carbocycles. The van der Waals surface area contributed by atoms with Crippen LogP contribution in [-0.2, 0) is 4.79 Å². The van der Waals surface area contributed by atoms with Gasteiger partial charge < -0.3 is 9.88 Å². The maximum atomic E-state index is 12.8. The topological polar surface area (TPSA) is 71.0 Å². The molecular formula is C20H24N4O2S. The van der Waals surface area contributed by atoms with Crippen LogP contribution in [-0.4, -0.2) is 33.2 Å². The van der Waals surface area contributed by atoms with Crippen molar-refractivity contribution in [2.45, 2.75) is 38.9 Å². The molecule has 1 amide bonds. The predicted molar refractivity (Wildman–Crippen MR) is 111 cm³/mol. The molecular weight excluding hydrogens is 360 g/mol. The number of aryl methyl sites for hydroxylation is 2. The van der Waals surface area contributed by atoms with Crippen LogP contribution in [0.5, 0.6) is 0 Å². The molecule has 0 atom stereocenters. The van der Waals surface area contributed by atoms with E-state index in [-0.39, 0.29) is 23.3 Å². The molecule has 0 aliphatic rings. The van der Waals surface area contributed by atoms with E-state index in [1.165, 1.54) is 11.8 Å². The van der Waals surface area contributed by atoms with Gasteiger partial charge in [-0.15, -0.1) is 0 Å². The number of rotatable bonds is 5. The number of fused-ring (bicyclic) bond motifs is 1. The van der Waals surface area contributed by atoms with Gasteiger partial charge in [-0.3, -0.25) is 14.2 Å². The Balaban J connectivity index is 1.87. The second kappa shape index (κ2) is 7.60. The van der Waals surface area contributed by atoms with Gasteiger partial charge in [-0.25, -0.2) is 4.98 Å². The number of aromatic amines is 1. The molecule has 0 radical (unpaired) electrons. The fourth-order valence-electron chi connectivity index (χ4n) is 2.95. The molecule has 0 fully saturated rings. The Bertz CT molecular complexity index is 1050. The lowest BCUT2D eigenvalue weighted by molar-refractivity contribution is -0.115. The van der Waals surface area contributed by atoms with Crippen LogP contribution in [0.25, 0.3) is 11.0 Å². The van der Waals surface area contributed by atoms with E-state index in [0.717, 1.165) is 16.9 Å². The highest BCUT2D eigenvalue weighted by Crippen LogP contribution is 2.23. The minimum absolute atomic E-state index is 0.0412. The summed E-state index contributed by atoms with van der Waals surface area (Å²) in [7, 11) is 1.76. The van der Waals surface area contributed by atoms with Crippen molar-refractivity contribution < 1.29 is 4.79 Å². The molecule has 2 heterocycles. The quantitative estimate of drug-likeness (QED) is 0.538. The third kappa shape index (κ3) is 3.93. The van der Waals surface area contributed by atoms with Crippen molar-refractivity contribution in [3.05, 3.63) is 51.9 Å². The number of thioether (sulfide) groups is 1. The zero-order valence-electron chi connectivity index (χ0n) is 16.2. The number of aromatic nitrogens is 3. The SMILES string of the molecule is Cc1cccc(N(C)C(=O)CSc2nc3cc(C)[nH]c3c(=O)n2C(C)C)c1. The Kier molecular flexibility index (Phi) is 5.41. The molecule has 27 heavy (non-hydrogen) atoms. The van der Waals surface area contributed by atoms with Crippen LogP contribution in [0.15, 0.2) is 40.3 Å². The summed E-state index contributed by atoms with van der Waals surface area (Å²) in [5.41, 5.74) is 3.88. The zero-order valence-corrected chi connectivity index (χ0v) is 17.1. The Morgan fingerprint density at radius 2 is 2.04 bits per heavy atom. The minimum Gasteiger partial charge on any atom is -0.353 e. The number of benzene rings is 1. The number of anilines is 1. The monoisotopic (exact) mass is 384 g/mol. The fourth-order valence-corrected chi connectivity index (χ4v) is 3.99. The maximum Gasteiger partial charge on any atom is 0.278 e. The number of carbonyl (C=O) groups excluding carboxylic acids is 1. The van der Waals surface area contributed by atoms with Crippen LogP contribution in [0.3, 0.4) is 0 Å². The molecule has 1 aromatic carbocycles. The summed E-state index contributed by atoms with van der Waals surface area (Å²) in [5.74, 6) is 0.166. The van der Waals surface area contributed by atoms with Crippen molar-refractivity contribution in [1.82, 2.24) is 14.5 Å². The van der Waals surface area contributed by atoms with Crippen molar-refractivity contribution in [2.24, 2.45) is 0 Å². The number of carbonyl (C=O) groups is 1. The first-order valence-corrected chi connectivity index (χ1v) is 9.84. The summed E-state index contributed by atoms with van der Waals surface area (Å²) < 4.78 is 1.64. The average molecular weight is 385 g/mol. The number of hydrogen-bond acceptors (Lipinski definition) is 4. The summed E-state index contributed by atoms with van der Waals surface area (Å²) in [6.45, 7) is 7.77. The smallest absolute Gasteiger partial charge is 0.278 e. The lowest BCUT2D eigenvalue weighted by atomic mass is 10.2. The van der Waals surface area contributed by atoms with E-state index in [9.17, 15) is 9.59 Å². The summed E-state index contributed by atoms with van der Waals surface area (Å²) >= 11 is 1.30. The molecule has 7 heteroatoms. The Hall–Kier alpha value is -2.54. The van der Waals surface area contributed by atoms with Gasteiger partial charge in [0.1, 0.15) is 5.52 Å². The number of amides is 1. The molecule has 0 saturated carbocycles. The summed E-state index contributed by atoms with van der Waals surface area (Å²) in [6, 6.07) is 9.61. The molecule has 6 nitrogen and oxygen atoms in total.